The highest BCUT2D eigenvalue weighted by Crippen LogP contribution is 2.12. The maximum absolute atomic E-state index is 12.2. The van der Waals surface area contributed by atoms with Crippen molar-refractivity contribution in [3.63, 3.8) is 0 Å². The Balaban J connectivity index is 1.68. The summed E-state index contributed by atoms with van der Waals surface area (Å²) in [7, 11) is 0. The van der Waals surface area contributed by atoms with E-state index in [1.165, 1.54) is 0 Å². The van der Waals surface area contributed by atoms with Gasteiger partial charge in [-0.25, -0.2) is 9.78 Å². The number of carbonyl (C=O) groups excluding carboxylic acids is 2. The summed E-state index contributed by atoms with van der Waals surface area (Å²) >= 11 is 0. The maximum Gasteiger partial charge on any atom is 0.316 e. The minimum absolute atomic E-state index is 0.265. The van der Waals surface area contributed by atoms with Crippen LogP contribution >= 0.6 is 0 Å². The average molecular weight is 309 g/mol. The fourth-order valence-corrected chi connectivity index (χ4v) is 2.24. The number of fused-ring (bicyclic) bond motifs is 1. The predicted octanol–water partition coefficient (Wildman–Crippen LogP) is 1.98. The van der Waals surface area contributed by atoms with Crippen molar-refractivity contribution in [3.05, 3.63) is 59.9 Å². The summed E-state index contributed by atoms with van der Waals surface area (Å²) in [4.78, 5) is 30.6. The highest BCUT2D eigenvalue weighted by atomic mass is 16.2. The number of nitrogens with two attached hydrogens (primary N) is 1. The van der Waals surface area contributed by atoms with Crippen LogP contribution in [0.1, 0.15) is 16.2 Å². The molecule has 116 valence electrons. The number of aromatic amines is 1. The number of benzene rings is 2. The first-order chi connectivity index (χ1) is 11.1. The molecule has 0 radical (unpaired) electrons. The number of nitrogens with zero attached hydrogens (tertiary/aromatic N) is 1. The fraction of sp³-hybridized carbons (Fsp3) is 0.0625. The van der Waals surface area contributed by atoms with Gasteiger partial charge in [0.05, 0.1) is 17.6 Å². The minimum Gasteiger partial charge on any atom is -0.351 e. The third-order valence-corrected chi connectivity index (χ3v) is 3.25. The molecule has 3 aromatic rings. The lowest BCUT2D eigenvalue weighted by Crippen LogP contribution is -2.24. The smallest absolute Gasteiger partial charge is 0.316 e. The first-order valence-corrected chi connectivity index (χ1v) is 7.00. The van der Waals surface area contributed by atoms with E-state index in [0.29, 0.717) is 17.1 Å². The monoisotopic (exact) mass is 309 g/mol. The number of primary amides is 1. The van der Waals surface area contributed by atoms with Gasteiger partial charge in [-0.2, -0.15) is 0 Å². The van der Waals surface area contributed by atoms with Gasteiger partial charge in [-0.15, -0.1) is 0 Å². The maximum atomic E-state index is 12.2. The number of amides is 3. The molecule has 3 rings (SSSR count). The van der Waals surface area contributed by atoms with Crippen LogP contribution in [0.5, 0.6) is 0 Å². The molecule has 5 N–H and O–H groups in total. The summed E-state index contributed by atoms with van der Waals surface area (Å²) in [5, 5.41) is 5.21. The molecule has 7 heteroatoms. The largest absolute Gasteiger partial charge is 0.351 e. The van der Waals surface area contributed by atoms with E-state index in [2.05, 4.69) is 20.6 Å². The number of anilines is 1. The van der Waals surface area contributed by atoms with Gasteiger partial charge < -0.3 is 21.4 Å². The van der Waals surface area contributed by atoms with Crippen molar-refractivity contribution in [2.45, 2.75) is 6.54 Å². The van der Waals surface area contributed by atoms with Crippen LogP contribution in [0.3, 0.4) is 0 Å². The van der Waals surface area contributed by atoms with E-state index in [-0.39, 0.29) is 12.5 Å². The van der Waals surface area contributed by atoms with E-state index in [0.717, 1.165) is 11.0 Å². The molecule has 7 nitrogen and oxygen atoms in total. The fourth-order valence-electron chi connectivity index (χ4n) is 2.24. The number of imidazole rings is 1. The van der Waals surface area contributed by atoms with Crippen molar-refractivity contribution in [1.29, 1.82) is 0 Å². The van der Waals surface area contributed by atoms with Crippen LogP contribution in [-0.2, 0) is 6.54 Å². The number of hydrogen-bond donors (Lipinski definition) is 4. The number of nitrogens with one attached hydrogen (secondary N) is 3. The molecule has 0 unspecified atom stereocenters. The molecular formula is C16H15N5O2. The molecule has 3 amide bonds. The Morgan fingerprint density at radius 3 is 2.74 bits per heavy atom. The van der Waals surface area contributed by atoms with Crippen molar-refractivity contribution < 1.29 is 9.59 Å². The number of H-pyrrole nitrogens is 1. The summed E-state index contributed by atoms with van der Waals surface area (Å²) in [6.07, 6.45) is 0. The second kappa shape index (κ2) is 6.18. The number of para-hydroxylation sites is 2. The van der Waals surface area contributed by atoms with Crippen LogP contribution in [0, 0.1) is 0 Å². The van der Waals surface area contributed by atoms with Gasteiger partial charge in [0.1, 0.15) is 5.82 Å². The van der Waals surface area contributed by atoms with E-state index in [9.17, 15) is 9.59 Å². The van der Waals surface area contributed by atoms with E-state index in [1.54, 1.807) is 24.3 Å². The molecule has 0 spiro atoms. The molecule has 1 aromatic heterocycles. The summed E-state index contributed by atoms with van der Waals surface area (Å²) in [6, 6.07) is 13.5. The van der Waals surface area contributed by atoms with Crippen molar-refractivity contribution in [1.82, 2.24) is 15.3 Å². The Morgan fingerprint density at radius 1 is 1.13 bits per heavy atom. The second-order valence-electron chi connectivity index (χ2n) is 4.95. The Morgan fingerprint density at radius 2 is 1.96 bits per heavy atom. The van der Waals surface area contributed by atoms with Crippen LogP contribution in [0.4, 0.5) is 10.5 Å². The number of aromatic nitrogens is 2. The zero-order chi connectivity index (χ0) is 16.2. The summed E-state index contributed by atoms with van der Waals surface area (Å²) < 4.78 is 0. The van der Waals surface area contributed by atoms with Gasteiger partial charge in [-0.05, 0) is 30.3 Å². The van der Waals surface area contributed by atoms with Gasteiger partial charge in [0.25, 0.3) is 5.91 Å². The van der Waals surface area contributed by atoms with Gasteiger partial charge in [0.2, 0.25) is 0 Å². The van der Waals surface area contributed by atoms with Crippen LogP contribution in [0.15, 0.2) is 48.5 Å². The van der Waals surface area contributed by atoms with Crippen molar-refractivity contribution in [3.8, 4) is 0 Å². The van der Waals surface area contributed by atoms with Crippen molar-refractivity contribution in [2.24, 2.45) is 5.73 Å². The summed E-state index contributed by atoms with van der Waals surface area (Å²) in [5.74, 6) is 0.407. The van der Waals surface area contributed by atoms with E-state index >= 15 is 0 Å². The second-order valence-corrected chi connectivity index (χ2v) is 4.95. The van der Waals surface area contributed by atoms with Crippen molar-refractivity contribution >= 4 is 28.7 Å². The molecule has 0 aliphatic rings. The molecule has 0 aliphatic heterocycles. The first-order valence-electron chi connectivity index (χ1n) is 7.00. The van der Waals surface area contributed by atoms with Crippen LogP contribution in [0.25, 0.3) is 11.0 Å². The van der Waals surface area contributed by atoms with E-state index < -0.39 is 6.03 Å². The Bertz CT molecular complexity index is 839. The molecule has 0 saturated carbocycles. The number of carbonyl (C=O) groups is 2. The molecule has 23 heavy (non-hydrogen) atoms. The van der Waals surface area contributed by atoms with Crippen molar-refractivity contribution in [2.75, 3.05) is 5.32 Å². The number of hydrogen-bond acceptors (Lipinski definition) is 3. The predicted molar refractivity (Wildman–Crippen MR) is 86.9 cm³/mol. The minimum atomic E-state index is -0.676. The van der Waals surface area contributed by atoms with Crippen LogP contribution in [-0.4, -0.2) is 21.9 Å². The molecular weight excluding hydrogens is 294 g/mol. The normalized spacial score (nSPS) is 10.4. The summed E-state index contributed by atoms with van der Waals surface area (Å²) in [6.45, 7) is 0.279. The lowest BCUT2D eigenvalue weighted by molar-refractivity contribution is 0.0950. The van der Waals surface area contributed by atoms with Gasteiger partial charge in [0.15, 0.2) is 0 Å². The third-order valence-electron chi connectivity index (χ3n) is 3.25. The topological polar surface area (TPSA) is 113 Å². The number of urea groups is 1. The Labute approximate surface area is 131 Å². The molecule has 0 aliphatic carbocycles. The standard InChI is InChI=1S/C16H15N5O2/c17-16(23)19-11-5-3-4-10(8-11)15(22)18-9-14-20-12-6-1-2-7-13(12)21-14/h1-8H,9H2,(H,18,22)(H,20,21)(H3,17,19,23). The molecule has 2 aromatic carbocycles. The Hall–Kier alpha value is -3.35. The van der Waals surface area contributed by atoms with Crippen LogP contribution in [0.2, 0.25) is 0 Å². The molecule has 1 heterocycles. The Kier molecular flexibility index (Phi) is 3.92. The molecule has 0 bridgehead atoms. The molecule has 0 saturated heterocycles. The van der Waals surface area contributed by atoms with Gasteiger partial charge in [-0.3, -0.25) is 4.79 Å². The van der Waals surface area contributed by atoms with Gasteiger partial charge >= 0.3 is 6.03 Å². The SMILES string of the molecule is NC(=O)Nc1cccc(C(=O)NCc2nc3ccccc3[nH]2)c1. The quantitative estimate of drug-likeness (QED) is 0.591. The van der Waals surface area contributed by atoms with Crippen LogP contribution < -0.4 is 16.4 Å². The zero-order valence-electron chi connectivity index (χ0n) is 12.2. The van der Waals surface area contributed by atoms with E-state index in [4.69, 9.17) is 5.73 Å². The lowest BCUT2D eigenvalue weighted by atomic mass is 10.2. The number of rotatable bonds is 4. The highest BCUT2D eigenvalue weighted by molar-refractivity contribution is 5.96. The molecule has 0 fully saturated rings. The van der Waals surface area contributed by atoms with E-state index in [1.807, 2.05) is 24.3 Å². The highest BCUT2D eigenvalue weighted by Gasteiger charge is 2.08. The zero-order valence-corrected chi connectivity index (χ0v) is 12.2. The lowest BCUT2D eigenvalue weighted by Gasteiger charge is -2.06. The van der Waals surface area contributed by atoms with Gasteiger partial charge in [-0.1, -0.05) is 18.2 Å². The average Bonchev–Trinajstić information content (AvgIpc) is 2.95. The van der Waals surface area contributed by atoms with Gasteiger partial charge in [0, 0.05) is 11.3 Å². The molecule has 0 atom stereocenters. The first kappa shape index (κ1) is 14.6. The summed E-state index contributed by atoms with van der Waals surface area (Å²) in [5.41, 5.74) is 7.72. The third kappa shape index (κ3) is 3.46.